The van der Waals surface area contributed by atoms with E-state index in [1.54, 1.807) is 18.2 Å². The number of aryl methyl sites for hydroxylation is 1. The van der Waals surface area contributed by atoms with Gasteiger partial charge in [-0.3, -0.25) is 9.59 Å². The van der Waals surface area contributed by atoms with Crippen LogP contribution in [-0.4, -0.2) is 18.9 Å². The molecule has 0 bridgehead atoms. The van der Waals surface area contributed by atoms with Gasteiger partial charge in [0.1, 0.15) is 5.75 Å². The predicted molar refractivity (Wildman–Crippen MR) is 98.9 cm³/mol. The molecule has 0 saturated heterocycles. The van der Waals surface area contributed by atoms with Crippen molar-refractivity contribution in [3.63, 3.8) is 0 Å². The van der Waals surface area contributed by atoms with Gasteiger partial charge in [-0.25, -0.2) is 0 Å². The third kappa shape index (κ3) is 3.77. The fourth-order valence-corrected chi connectivity index (χ4v) is 2.55. The maximum Gasteiger partial charge on any atom is 0.314 e. The number of carbonyl (C=O) groups excluding carboxylic acids is 2. The van der Waals surface area contributed by atoms with E-state index in [0.717, 1.165) is 16.3 Å². The average Bonchev–Trinajstić information content (AvgIpc) is 2.61. The van der Waals surface area contributed by atoms with Crippen LogP contribution in [0.4, 0.5) is 11.4 Å². The Kier molecular flexibility index (Phi) is 4.66. The van der Waals surface area contributed by atoms with Crippen LogP contribution in [-0.2, 0) is 9.59 Å². The first-order valence-electron chi connectivity index (χ1n) is 7.82. The number of nitrogens with one attached hydrogen (secondary N) is 2. The first kappa shape index (κ1) is 16.5. The molecule has 0 saturated carbocycles. The Hall–Kier alpha value is -3.34. The minimum atomic E-state index is -0.753. The van der Waals surface area contributed by atoms with Crippen molar-refractivity contribution in [2.75, 3.05) is 17.7 Å². The van der Waals surface area contributed by atoms with Gasteiger partial charge in [0.2, 0.25) is 0 Å². The molecule has 0 heterocycles. The SMILES string of the molecule is COc1ccc(C)cc1NC(=O)C(=O)Nc1ccc2ccccc2c1. The molecule has 0 spiro atoms. The molecule has 0 aliphatic carbocycles. The number of amides is 2. The lowest BCUT2D eigenvalue weighted by Gasteiger charge is -2.11. The van der Waals surface area contributed by atoms with Gasteiger partial charge in [-0.15, -0.1) is 0 Å². The minimum Gasteiger partial charge on any atom is -0.495 e. The monoisotopic (exact) mass is 334 g/mol. The van der Waals surface area contributed by atoms with E-state index in [0.29, 0.717) is 17.1 Å². The Morgan fingerprint density at radius 1 is 0.840 bits per heavy atom. The summed E-state index contributed by atoms with van der Waals surface area (Å²) in [5.41, 5.74) is 1.97. The van der Waals surface area contributed by atoms with Crippen molar-refractivity contribution in [2.24, 2.45) is 0 Å². The summed E-state index contributed by atoms with van der Waals surface area (Å²) in [5, 5.41) is 7.25. The van der Waals surface area contributed by atoms with E-state index < -0.39 is 11.8 Å². The van der Waals surface area contributed by atoms with Crippen LogP contribution in [0.15, 0.2) is 60.7 Å². The Bertz CT molecular complexity index is 951. The highest BCUT2D eigenvalue weighted by Crippen LogP contribution is 2.25. The van der Waals surface area contributed by atoms with Gasteiger partial charge < -0.3 is 15.4 Å². The maximum absolute atomic E-state index is 12.2. The van der Waals surface area contributed by atoms with E-state index in [2.05, 4.69) is 10.6 Å². The molecule has 0 atom stereocenters. The van der Waals surface area contributed by atoms with Crippen molar-refractivity contribution in [1.29, 1.82) is 0 Å². The van der Waals surface area contributed by atoms with Crippen LogP contribution in [0.25, 0.3) is 10.8 Å². The summed E-state index contributed by atoms with van der Waals surface area (Å²) in [7, 11) is 1.51. The number of methoxy groups -OCH3 is 1. The number of anilines is 2. The molecule has 0 aromatic heterocycles. The molecule has 0 radical (unpaired) electrons. The Labute approximate surface area is 145 Å². The molecule has 3 aromatic rings. The molecule has 3 aromatic carbocycles. The largest absolute Gasteiger partial charge is 0.495 e. The molecule has 3 rings (SSSR count). The standard InChI is InChI=1S/C20H18N2O3/c1-13-7-10-18(25-2)17(11-13)22-20(24)19(23)21-16-9-8-14-5-3-4-6-15(14)12-16/h3-12H,1-2H3,(H,21,23)(H,22,24). The van der Waals surface area contributed by atoms with E-state index in [1.165, 1.54) is 7.11 Å². The number of benzene rings is 3. The van der Waals surface area contributed by atoms with Gasteiger partial charge in [0.15, 0.2) is 0 Å². The molecular formula is C20H18N2O3. The second-order valence-corrected chi connectivity index (χ2v) is 5.67. The molecule has 0 aliphatic rings. The van der Waals surface area contributed by atoms with Gasteiger partial charge in [0.25, 0.3) is 0 Å². The van der Waals surface area contributed by atoms with Gasteiger partial charge in [0.05, 0.1) is 12.8 Å². The number of carbonyl (C=O) groups is 2. The van der Waals surface area contributed by atoms with Crippen molar-refractivity contribution in [2.45, 2.75) is 6.92 Å². The quantitative estimate of drug-likeness (QED) is 0.717. The zero-order valence-corrected chi connectivity index (χ0v) is 14.0. The number of fused-ring (bicyclic) bond motifs is 1. The van der Waals surface area contributed by atoms with Gasteiger partial charge in [-0.05, 0) is 47.5 Å². The molecule has 5 heteroatoms. The van der Waals surface area contributed by atoms with Crippen molar-refractivity contribution < 1.29 is 14.3 Å². The summed E-state index contributed by atoms with van der Waals surface area (Å²) in [6, 6.07) is 18.6. The Balaban J connectivity index is 1.74. The molecule has 5 nitrogen and oxygen atoms in total. The molecule has 0 aliphatic heterocycles. The highest BCUT2D eigenvalue weighted by atomic mass is 16.5. The third-order valence-electron chi connectivity index (χ3n) is 3.82. The normalized spacial score (nSPS) is 10.3. The van der Waals surface area contributed by atoms with Gasteiger partial charge >= 0.3 is 11.8 Å². The minimum absolute atomic E-state index is 0.459. The van der Waals surface area contributed by atoms with Crippen LogP contribution in [0.5, 0.6) is 5.75 Å². The van der Waals surface area contributed by atoms with Gasteiger partial charge in [-0.2, -0.15) is 0 Å². The van der Waals surface area contributed by atoms with Gasteiger partial charge in [-0.1, -0.05) is 36.4 Å². The van der Waals surface area contributed by atoms with E-state index in [-0.39, 0.29) is 0 Å². The zero-order valence-electron chi connectivity index (χ0n) is 14.0. The summed E-state index contributed by atoms with van der Waals surface area (Å²) in [6.45, 7) is 1.89. The number of rotatable bonds is 3. The van der Waals surface area contributed by atoms with Crippen molar-refractivity contribution in [1.82, 2.24) is 0 Å². The lowest BCUT2D eigenvalue weighted by Crippen LogP contribution is -2.29. The maximum atomic E-state index is 12.2. The lowest BCUT2D eigenvalue weighted by molar-refractivity contribution is -0.133. The number of hydrogen-bond donors (Lipinski definition) is 2. The molecular weight excluding hydrogens is 316 g/mol. The van der Waals surface area contributed by atoms with Crippen LogP contribution in [0.2, 0.25) is 0 Å². The topological polar surface area (TPSA) is 67.4 Å². The van der Waals surface area contributed by atoms with Crippen LogP contribution >= 0.6 is 0 Å². The molecule has 2 amide bonds. The molecule has 0 fully saturated rings. The van der Waals surface area contributed by atoms with Crippen molar-refractivity contribution in [3.05, 3.63) is 66.2 Å². The highest BCUT2D eigenvalue weighted by Gasteiger charge is 2.16. The van der Waals surface area contributed by atoms with E-state index in [9.17, 15) is 9.59 Å². The van der Waals surface area contributed by atoms with Gasteiger partial charge in [0, 0.05) is 5.69 Å². The summed E-state index contributed by atoms with van der Waals surface area (Å²) >= 11 is 0. The first-order chi connectivity index (χ1) is 12.1. The Morgan fingerprint density at radius 2 is 1.56 bits per heavy atom. The zero-order chi connectivity index (χ0) is 17.8. The van der Waals surface area contributed by atoms with Crippen LogP contribution < -0.4 is 15.4 Å². The van der Waals surface area contributed by atoms with Crippen LogP contribution in [0, 0.1) is 6.92 Å². The smallest absolute Gasteiger partial charge is 0.314 e. The fraction of sp³-hybridized carbons (Fsp3) is 0.100. The van der Waals surface area contributed by atoms with Crippen LogP contribution in [0.3, 0.4) is 0 Å². The van der Waals surface area contributed by atoms with Crippen molar-refractivity contribution >= 4 is 34.0 Å². The highest BCUT2D eigenvalue weighted by molar-refractivity contribution is 6.43. The van der Waals surface area contributed by atoms with Crippen molar-refractivity contribution in [3.8, 4) is 5.75 Å². The van der Waals surface area contributed by atoms with Crippen LogP contribution in [0.1, 0.15) is 5.56 Å². The first-order valence-corrected chi connectivity index (χ1v) is 7.82. The second-order valence-electron chi connectivity index (χ2n) is 5.67. The summed E-state index contributed by atoms with van der Waals surface area (Å²) < 4.78 is 5.20. The molecule has 126 valence electrons. The second kappa shape index (κ2) is 7.05. The fourth-order valence-electron chi connectivity index (χ4n) is 2.55. The number of ether oxygens (including phenoxy) is 1. The molecule has 25 heavy (non-hydrogen) atoms. The summed E-state index contributed by atoms with van der Waals surface area (Å²) in [6.07, 6.45) is 0. The molecule has 2 N–H and O–H groups in total. The van der Waals surface area contributed by atoms with E-state index in [1.807, 2.05) is 49.4 Å². The Morgan fingerprint density at radius 3 is 2.32 bits per heavy atom. The van der Waals surface area contributed by atoms with E-state index >= 15 is 0 Å². The predicted octanol–water partition coefficient (Wildman–Crippen LogP) is 3.73. The lowest BCUT2D eigenvalue weighted by atomic mass is 10.1. The summed E-state index contributed by atoms with van der Waals surface area (Å²) in [5.74, 6) is -0.992. The average molecular weight is 334 g/mol. The molecule has 0 unspecified atom stereocenters. The van der Waals surface area contributed by atoms with E-state index in [4.69, 9.17) is 4.74 Å². The summed E-state index contributed by atoms with van der Waals surface area (Å²) in [4.78, 5) is 24.4. The number of hydrogen-bond acceptors (Lipinski definition) is 3. The third-order valence-corrected chi connectivity index (χ3v) is 3.82.